The van der Waals surface area contributed by atoms with Crippen LogP contribution < -0.4 is 15.6 Å². The molecule has 0 aliphatic rings. The number of aromatic nitrogens is 2. The lowest BCUT2D eigenvalue weighted by molar-refractivity contribution is 0.0946. The van der Waals surface area contributed by atoms with Crippen LogP contribution in [0.4, 0.5) is 0 Å². The van der Waals surface area contributed by atoms with E-state index in [0.29, 0.717) is 36.9 Å². The second kappa shape index (κ2) is 8.98. The number of hydrogen-bond acceptors (Lipinski definition) is 4. The Morgan fingerprint density at radius 2 is 1.78 bits per heavy atom. The van der Waals surface area contributed by atoms with Gasteiger partial charge in [-0.05, 0) is 31.0 Å². The number of ether oxygens (including phenoxy) is 1. The molecule has 1 N–H and O–H groups in total. The monoisotopic (exact) mass is 365 g/mol. The molecule has 0 spiro atoms. The zero-order chi connectivity index (χ0) is 19.1. The SMILES string of the molecule is CCCn1nc(C(=O)NCCCOc2ccccc2)c2ccccc2c1=O. The first-order chi connectivity index (χ1) is 13.2. The largest absolute Gasteiger partial charge is 0.494 e. The summed E-state index contributed by atoms with van der Waals surface area (Å²) in [5.41, 5.74) is 0.114. The van der Waals surface area contributed by atoms with Gasteiger partial charge < -0.3 is 10.1 Å². The number of nitrogens with one attached hydrogen (secondary N) is 1. The molecule has 0 radical (unpaired) electrons. The maximum absolute atomic E-state index is 12.6. The van der Waals surface area contributed by atoms with Gasteiger partial charge in [0, 0.05) is 18.5 Å². The third kappa shape index (κ3) is 4.53. The van der Waals surface area contributed by atoms with E-state index in [0.717, 1.165) is 12.2 Å². The molecule has 0 fully saturated rings. The van der Waals surface area contributed by atoms with Crippen LogP contribution in [-0.2, 0) is 6.54 Å². The molecule has 1 heterocycles. The van der Waals surface area contributed by atoms with Gasteiger partial charge >= 0.3 is 0 Å². The summed E-state index contributed by atoms with van der Waals surface area (Å²) in [5.74, 6) is 0.527. The second-order valence-electron chi connectivity index (χ2n) is 6.19. The number of fused-ring (bicyclic) bond motifs is 1. The fourth-order valence-corrected chi connectivity index (χ4v) is 2.83. The molecule has 3 aromatic rings. The minimum atomic E-state index is -0.282. The van der Waals surface area contributed by atoms with Gasteiger partial charge in [-0.15, -0.1) is 0 Å². The highest BCUT2D eigenvalue weighted by atomic mass is 16.5. The molecule has 0 saturated carbocycles. The van der Waals surface area contributed by atoms with Gasteiger partial charge in [0.25, 0.3) is 11.5 Å². The minimum Gasteiger partial charge on any atom is -0.494 e. The standard InChI is InChI=1S/C21H23N3O3/c1-2-14-24-21(26)18-12-7-6-11-17(18)19(23-24)20(25)22-13-8-15-27-16-9-4-3-5-10-16/h3-7,9-12H,2,8,13-15H2,1H3,(H,22,25). The Hall–Kier alpha value is -3.15. The molecule has 0 aliphatic heterocycles. The third-order valence-corrected chi connectivity index (χ3v) is 4.14. The van der Waals surface area contributed by atoms with Gasteiger partial charge in [-0.1, -0.05) is 43.3 Å². The fraction of sp³-hybridized carbons (Fsp3) is 0.286. The van der Waals surface area contributed by atoms with Crippen LogP contribution >= 0.6 is 0 Å². The van der Waals surface area contributed by atoms with Crippen molar-refractivity contribution < 1.29 is 9.53 Å². The summed E-state index contributed by atoms with van der Waals surface area (Å²) in [6.07, 6.45) is 1.44. The Kier molecular flexibility index (Phi) is 6.20. The summed E-state index contributed by atoms with van der Waals surface area (Å²) >= 11 is 0. The number of rotatable bonds is 8. The van der Waals surface area contributed by atoms with Gasteiger partial charge in [0.15, 0.2) is 5.69 Å². The summed E-state index contributed by atoms with van der Waals surface area (Å²) in [6, 6.07) is 16.6. The normalized spacial score (nSPS) is 10.7. The Morgan fingerprint density at radius 1 is 1.07 bits per heavy atom. The number of carbonyl (C=O) groups excluding carboxylic acids is 1. The molecule has 1 aromatic heterocycles. The average Bonchev–Trinajstić information content (AvgIpc) is 2.70. The van der Waals surface area contributed by atoms with Crippen molar-refractivity contribution in [1.82, 2.24) is 15.1 Å². The van der Waals surface area contributed by atoms with Gasteiger partial charge in [0.1, 0.15) is 5.75 Å². The molecule has 6 heteroatoms. The van der Waals surface area contributed by atoms with E-state index >= 15 is 0 Å². The van der Waals surface area contributed by atoms with E-state index in [1.807, 2.05) is 37.3 Å². The first kappa shape index (κ1) is 18.6. The van der Waals surface area contributed by atoms with Crippen LogP contribution in [0.15, 0.2) is 59.4 Å². The number of carbonyl (C=O) groups is 1. The van der Waals surface area contributed by atoms with Crippen LogP contribution in [0.2, 0.25) is 0 Å². The van der Waals surface area contributed by atoms with Crippen molar-refractivity contribution in [3.05, 3.63) is 70.6 Å². The molecule has 6 nitrogen and oxygen atoms in total. The zero-order valence-corrected chi connectivity index (χ0v) is 15.4. The molecule has 140 valence electrons. The molecule has 0 bridgehead atoms. The number of amides is 1. The average molecular weight is 365 g/mol. The van der Waals surface area contributed by atoms with Crippen molar-refractivity contribution in [3.63, 3.8) is 0 Å². The Bertz CT molecular complexity index is 967. The number of nitrogens with zero attached hydrogens (tertiary/aromatic N) is 2. The first-order valence-electron chi connectivity index (χ1n) is 9.16. The molecule has 0 atom stereocenters. The van der Waals surface area contributed by atoms with Crippen molar-refractivity contribution in [3.8, 4) is 5.75 Å². The van der Waals surface area contributed by atoms with Crippen LogP contribution in [0.5, 0.6) is 5.75 Å². The van der Waals surface area contributed by atoms with Crippen molar-refractivity contribution >= 4 is 16.7 Å². The molecule has 0 saturated heterocycles. The Balaban J connectivity index is 1.66. The van der Waals surface area contributed by atoms with Gasteiger partial charge in [-0.2, -0.15) is 5.10 Å². The topological polar surface area (TPSA) is 73.2 Å². The van der Waals surface area contributed by atoms with Crippen LogP contribution in [0, 0.1) is 0 Å². The lowest BCUT2D eigenvalue weighted by Crippen LogP contribution is -2.31. The molecule has 0 unspecified atom stereocenters. The number of para-hydroxylation sites is 1. The highest BCUT2D eigenvalue weighted by molar-refractivity contribution is 6.04. The Labute approximate surface area is 157 Å². The van der Waals surface area contributed by atoms with E-state index in [-0.39, 0.29) is 17.2 Å². The zero-order valence-electron chi connectivity index (χ0n) is 15.4. The summed E-state index contributed by atoms with van der Waals surface area (Å²) in [7, 11) is 0. The van der Waals surface area contributed by atoms with E-state index in [2.05, 4.69) is 10.4 Å². The highest BCUT2D eigenvalue weighted by Gasteiger charge is 2.15. The minimum absolute atomic E-state index is 0.166. The molecule has 1 amide bonds. The summed E-state index contributed by atoms with van der Waals surface area (Å²) < 4.78 is 6.99. The number of hydrogen-bond donors (Lipinski definition) is 1. The van der Waals surface area contributed by atoms with Crippen molar-refractivity contribution in [1.29, 1.82) is 0 Å². The lowest BCUT2D eigenvalue weighted by Gasteiger charge is -2.11. The van der Waals surface area contributed by atoms with Crippen LogP contribution in [0.3, 0.4) is 0 Å². The predicted octanol–water partition coefficient (Wildman–Crippen LogP) is 3.01. The Morgan fingerprint density at radius 3 is 2.52 bits per heavy atom. The highest BCUT2D eigenvalue weighted by Crippen LogP contribution is 2.13. The maximum atomic E-state index is 12.6. The molecular weight excluding hydrogens is 342 g/mol. The van der Waals surface area contributed by atoms with E-state index in [1.165, 1.54) is 4.68 Å². The van der Waals surface area contributed by atoms with Crippen LogP contribution in [0.25, 0.3) is 10.8 Å². The first-order valence-corrected chi connectivity index (χ1v) is 9.16. The molecule has 3 rings (SSSR count). The van der Waals surface area contributed by atoms with E-state index in [9.17, 15) is 9.59 Å². The van der Waals surface area contributed by atoms with Gasteiger partial charge in [0.05, 0.1) is 12.0 Å². The molecule has 0 aliphatic carbocycles. The number of aryl methyl sites for hydroxylation is 1. The van der Waals surface area contributed by atoms with E-state index < -0.39 is 0 Å². The van der Waals surface area contributed by atoms with Crippen molar-refractivity contribution in [2.75, 3.05) is 13.2 Å². The lowest BCUT2D eigenvalue weighted by atomic mass is 10.1. The summed E-state index contributed by atoms with van der Waals surface area (Å²) in [6.45, 7) is 3.42. The third-order valence-electron chi connectivity index (χ3n) is 4.14. The maximum Gasteiger partial charge on any atom is 0.274 e. The second-order valence-corrected chi connectivity index (χ2v) is 6.19. The van der Waals surface area contributed by atoms with E-state index in [1.54, 1.807) is 24.3 Å². The van der Waals surface area contributed by atoms with Gasteiger partial charge in [-0.25, -0.2) is 4.68 Å². The summed E-state index contributed by atoms with van der Waals surface area (Å²) in [5, 5.41) is 8.26. The van der Waals surface area contributed by atoms with Crippen molar-refractivity contribution in [2.45, 2.75) is 26.3 Å². The van der Waals surface area contributed by atoms with Crippen molar-refractivity contribution in [2.24, 2.45) is 0 Å². The number of benzene rings is 2. The molecular formula is C21H23N3O3. The smallest absolute Gasteiger partial charge is 0.274 e. The van der Waals surface area contributed by atoms with Gasteiger partial charge in [0.2, 0.25) is 0 Å². The van der Waals surface area contributed by atoms with E-state index in [4.69, 9.17) is 4.74 Å². The molecule has 2 aromatic carbocycles. The van der Waals surface area contributed by atoms with Gasteiger partial charge in [-0.3, -0.25) is 9.59 Å². The summed E-state index contributed by atoms with van der Waals surface area (Å²) in [4.78, 5) is 25.1. The predicted molar refractivity (Wildman–Crippen MR) is 105 cm³/mol. The van der Waals surface area contributed by atoms with Crippen LogP contribution in [-0.4, -0.2) is 28.8 Å². The fourth-order valence-electron chi connectivity index (χ4n) is 2.83. The molecule has 27 heavy (non-hydrogen) atoms. The quantitative estimate of drug-likeness (QED) is 0.623. The van der Waals surface area contributed by atoms with Crippen LogP contribution in [0.1, 0.15) is 30.3 Å².